The van der Waals surface area contributed by atoms with Crippen LogP contribution in [0.5, 0.6) is 5.75 Å². The first kappa shape index (κ1) is 14.9. The van der Waals surface area contributed by atoms with Crippen molar-refractivity contribution in [3.8, 4) is 5.75 Å². The summed E-state index contributed by atoms with van der Waals surface area (Å²) in [6, 6.07) is 7.88. The van der Waals surface area contributed by atoms with E-state index in [1.807, 2.05) is 31.2 Å². The van der Waals surface area contributed by atoms with E-state index in [1.165, 1.54) is 6.42 Å². The maximum atomic E-state index is 12.2. The van der Waals surface area contributed by atoms with Gasteiger partial charge in [-0.05, 0) is 37.5 Å². The Balaban J connectivity index is 1.78. The lowest BCUT2D eigenvalue weighted by Crippen LogP contribution is -2.32. The molecular weight excluding hydrogens is 252 g/mol. The van der Waals surface area contributed by atoms with Crippen molar-refractivity contribution in [1.82, 2.24) is 0 Å². The summed E-state index contributed by atoms with van der Waals surface area (Å²) >= 11 is 0. The standard InChI is InChI=1S/C17H24O3/c1-17(11-4-3-5-12-17)16(18)20-13-10-14-6-8-15(19-2)9-7-14/h6-9H,3-5,10-13H2,1-2H3. The van der Waals surface area contributed by atoms with Crippen molar-refractivity contribution in [1.29, 1.82) is 0 Å². The predicted molar refractivity (Wildman–Crippen MR) is 78.8 cm³/mol. The fourth-order valence-corrected chi connectivity index (χ4v) is 2.76. The third-order valence-corrected chi connectivity index (χ3v) is 4.23. The van der Waals surface area contributed by atoms with E-state index in [4.69, 9.17) is 9.47 Å². The van der Waals surface area contributed by atoms with Crippen LogP contribution in [0.1, 0.15) is 44.6 Å². The largest absolute Gasteiger partial charge is 0.497 e. The Morgan fingerprint density at radius 3 is 2.40 bits per heavy atom. The molecular formula is C17H24O3. The van der Waals surface area contributed by atoms with E-state index in [-0.39, 0.29) is 11.4 Å². The summed E-state index contributed by atoms with van der Waals surface area (Å²) in [5, 5.41) is 0. The first-order chi connectivity index (χ1) is 9.64. The first-order valence-corrected chi connectivity index (χ1v) is 7.44. The van der Waals surface area contributed by atoms with Crippen LogP contribution in [0, 0.1) is 5.41 Å². The minimum atomic E-state index is -0.252. The molecule has 0 bridgehead atoms. The number of hydrogen-bond donors (Lipinski definition) is 0. The fraction of sp³-hybridized carbons (Fsp3) is 0.588. The van der Waals surface area contributed by atoms with E-state index in [1.54, 1.807) is 7.11 Å². The summed E-state index contributed by atoms with van der Waals surface area (Å²) in [6.45, 7) is 2.50. The summed E-state index contributed by atoms with van der Waals surface area (Å²) in [7, 11) is 1.65. The van der Waals surface area contributed by atoms with Gasteiger partial charge >= 0.3 is 5.97 Å². The van der Waals surface area contributed by atoms with Gasteiger partial charge in [0.05, 0.1) is 19.1 Å². The highest BCUT2D eigenvalue weighted by atomic mass is 16.5. The van der Waals surface area contributed by atoms with Crippen molar-refractivity contribution in [3.05, 3.63) is 29.8 Å². The topological polar surface area (TPSA) is 35.5 Å². The molecule has 0 saturated heterocycles. The monoisotopic (exact) mass is 276 g/mol. The van der Waals surface area contributed by atoms with Gasteiger partial charge in [0.15, 0.2) is 0 Å². The van der Waals surface area contributed by atoms with Gasteiger partial charge in [-0.3, -0.25) is 4.79 Å². The Morgan fingerprint density at radius 1 is 1.15 bits per heavy atom. The van der Waals surface area contributed by atoms with Crippen LogP contribution in [-0.2, 0) is 16.0 Å². The lowest BCUT2D eigenvalue weighted by Gasteiger charge is -2.30. The Morgan fingerprint density at radius 2 is 1.80 bits per heavy atom. The van der Waals surface area contributed by atoms with E-state index in [2.05, 4.69) is 0 Å². The summed E-state index contributed by atoms with van der Waals surface area (Å²) in [5.74, 6) is 0.825. The Labute approximate surface area is 121 Å². The molecule has 0 unspecified atom stereocenters. The van der Waals surface area contributed by atoms with Crippen molar-refractivity contribution in [2.45, 2.75) is 45.4 Å². The molecule has 0 amide bonds. The van der Waals surface area contributed by atoms with Gasteiger partial charge in [0, 0.05) is 6.42 Å². The molecule has 1 aliphatic rings. The van der Waals surface area contributed by atoms with Crippen LogP contribution >= 0.6 is 0 Å². The number of benzene rings is 1. The maximum absolute atomic E-state index is 12.2. The highest BCUT2D eigenvalue weighted by Crippen LogP contribution is 2.36. The van der Waals surface area contributed by atoms with Crippen LogP contribution in [0.15, 0.2) is 24.3 Å². The fourth-order valence-electron chi connectivity index (χ4n) is 2.76. The minimum Gasteiger partial charge on any atom is -0.497 e. The Bertz CT molecular complexity index is 430. The number of ether oxygens (including phenoxy) is 2. The van der Waals surface area contributed by atoms with Crippen LogP contribution in [0.4, 0.5) is 0 Å². The second-order valence-electron chi connectivity index (χ2n) is 5.86. The molecule has 0 spiro atoms. The molecule has 3 heteroatoms. The summed E-state index contributed by atoms with van der Waals surface area (Å²) < 4.78 is 10.6. The van der Waals surface area contributed by atoms with E-state index in [9.17, 15) is 4.79 Å². The lowest BCUT2D eigenvalue weighted by atomic mass is 9.76. The predicted octanol–water partition coefficient (Wildman–Crippen LogP) is 3.75. The number of hydrogen-bond acceptors (Lipinski definition) is 3. The SMILES string of the molecule is COc1ccc(CCOC(=O)C2(C)CCCCC2)cc1. The molecule has 1 aromatic rings. The second kappa shape index (κ2) is 6.78. The molecule has 0 N–H and O–H groups in total. The van der Waals surface area contributed by atoms with E-state index < -0.39 is 0 Å². The third-order valence-electron chi connectivity index (χ3n) is 4.23. The van der Waals surface area contributed by atoms with Crippen LogP contribution < -0.4 is 4.74 Å². The normalized spacial score (nSPS) is 17.5. The Hall–Kier alpha value is -1.51. The van der Waals surface area contributed by atoms with Crippen LogP contribution in [0.3, 0.4) is 0 Å². The molecule has 2 rings (SSSR count). The molecule has 1 aliphatic carbocycles. The molecule has 0 aliphatic heterocycles. The molecule has 20 heavy (non-hydrogen) atoms. The van der Waals surface area contributed by atoms with Gasteiger partial charge in [-0.2, -0.15) is 0 Å². The molecule has 0 radical (unpaired) electrons. The van der Waals surface area contributed by atoms with Gasteiger partial charge in [0.1, 0.15) is 5.75 Å². The molecule has 0 aromatic heterocycles. The van der Waals surface area contributed by atoms with Gasteiger partial charge < -0.3 is 9.47 Å². The van der Waals surface area contributed by atoms with Crippen molar-refractivity contribution in [2.24, 2.45) is 5.41 Å². The van der Waals surface area contributed by atoms with E-state index in [0.717, 1.165) is 43.4 Å². The third kappa shape index (κ3) is 3.75. The second-order valence-corrected chi connectivity index (χ2v) is 5.86. The van der Waals surface area contributed by atoms with E-state index >= 15 is 0 Å². The molecule has 110 valence electrons. The smallest absolute Gasteiger partial charge is 0.311 e. The number of methoxy groups -OCH3 is 1. The van der Waals surface area contributed by atoms with Gasteiger partial charge in [0.25, 0.3) is 0 Å². The van der Waals surface area contributed by atoms with Gasteiger partial charge in [-0.15, -0.1) is 0 Å². The van der Waals surface area contributed by atoms with Crippen LogP contribution in [-0.4, -0.2) is 19.7 Å². The summed E-state index contributed by atoms with van der Waals surface area (Å²) in [4.78, 5) is 12.2. The van der Waals surface area contributed by atoms with Crippen molar-refractivity contribution >= 4 is 5.97 Å². The van der Waals surface area contributed by atoms with Crippen LogP contribution in [0.2, 0.25) is 0 Å². The van der Waals surface area contributed by atoms with Crippen molar-refractivity contribution < 1.29 is 14.3 Å². The molecule has 3 nitrogen and oxygen atoms in total. The zero-order valence-electron chi connectivity index (χ0n) is 12.5. The average Bonchev–Trinajstić information content (AvgIpc) is 2.48. The van der Waals surface area contributed by atoms with Gasteiger partial charge in [-0.25, -0.2) is 0 Å². The van der Waals surface area contributed by atoms with Gasteiger partial charge in [-0.1, -0.05) is 31.4 Å². The lowest BCUT2D eigenvalue weighted by molar-refractivity contribution is -0.156. The minimum absolute atomic E-state index is 0.0225. The van der Waals surface area contributed by atoms with Crippen LogP contribution in [0.25, 0.3) is 0 Å². The number of carbonyl (C=O) groups excluding carboxylic acids is 1. The molecule has 1 aromatic carbocycles. The summed E-state index contributed by atoms with van der Waals surface area (Å²) in [6.07, 6.45) is 6.22. The highest BCUT2D eigenvalue weighted by Gasteiger charge is 2.35. The van der Waals surface area contributed by atoms with Crippen molar-refractivity contribution in [3.63, 3.8) is 0 Å². The van der Waals surface area contributed by atoms with Crippen molar-refractivity contribution in [2.75, 3.05) is 13.7 Å². The highest BCUT2D eigenvalue weighted by molar-refractivity contribution is 5.76. The van der Waals surface area contributed by atoms with E-state index in [0.29, 0.717) is 6.61 Å². The number of carbonyl (C=O) groups is 1. The average molecular weight is 276 g/mol. The summed E-state index contributed by atoms with van der Waals surface area (Å²) in [5.41, 5.74) is 0.908. The zero-order chi connectivity index (χ0) is 14.4. The molecule has 0 atom stereocenters. The molecule has 1 saturated carbocycles. The molecule has 1 fully saturated rings. The number of rotatable bonds is 5. The molecule has 0 heterocycles. The quantitative estimate of drug-likeness (QED) is 0.768. The number of esters is 1. The van der Waals surface area contributed by atoms with Gasteiger partial charge in [0.2, 0.25) is 0 Å². The Kier molecular flexibility index (Phi) is 5.05. The zero-order valence-corrected chi connectivity index (χ0v) is 12.5. The first-order valence-electron chi connectivity index (χ1n) is 7.44. The maximum Gasteiger partial charge on any atom is 0.311 e.